The fraction of sp³-hybridized carbons (Fsp3) is 0.222. The van der Waals surface area contributed by atoms with E-state index in [0.717, 1.165) is 5.56 Å². The minimum absolute atomic E-state index is 0.169. The molecule has 0 heterocycles. The highest BCUT2D eigenvalue weighted by atomic mass is 79.9. The number of carbonyl (C=O) groups excluding carboxylic acids is 1. The van der Waals surface area contributed by atoms with Gasteiger partial charge < -0.3 is 4.74 Å². The lowest BCUT2D eigenvalue weighted by atomic mass is 10.2. The van der Waals surface area contributed by atoms with Crippen molar-refractivity contribution in [2.75, 3.05) is 6.61 Å². The normalized spacial score (nSPS) is 9.87. The largest absolute Gasteiger partial charge is 0.481 e. The second kappa shape index (κ2) is 5.34. The highest BCUT2D eigenvalue weighted by molar-refractivity contribution is 9.10. The minimum Gasteiger partial charge on any atom is -0.481 e. The molecule has 0 saturated heterocycles. The second-order valence-corrected chi connectivity index (χ2v) is 4.18. The quantitative estimate of drug-likeness (QED) is 0.507. The first kappa shape index (κ1) is 12.3. The van der Waals surface area contributed by atoms with Crippen molar-refractivity contribution < 1.29 is 9.53 Å². The van der Waals surface area contributed by atoms with Crippen LogP contribution in [-0.4, -0.2) is 12.5 Å². The van der Waals surface area contributed by atoms with Gasteiger partial charge in [-0.2, -0.15) is 0 Å². The maximum Gasteiger partial charge on any atom is 0.271 e. The van der Waals surface area contributed by atoms with Crippen LogP contribution in [0.5, 0.6) is 5.75 Å². The fourth-order valence-corrected chi connectivity index (χ4v) is 2.14. The van der Waals surface area contributed by atoms with Crippen molar-refractivity contribution in [2.24, 2.45) is 5.84 Å². The predicted octanol–water partition coefficient (Wildman–Crippen LogP) is 1.78. The number of benzene rings is 1. The van der Waals surface area contributed by atoms with Gasteiger partial charge in [0.15, 0.2) is 12.4 Å². The average molecular weight is 294 g/mol. The first-order valence-electron chi connectivity index (χ1n) is 4.12. The molecule has 0 saturated carbocycles. The first-order chi connectivity index (χ1) is 7.04. The molecule has 0 fully saturated rings. The number of carbonyl (C=O) groups is 1. The number of amides is 1. The van der Waals surface area contributed by atoms with Crippen molar-refractivity contribution in [3.8, 4) is 5.75 Å². The van der Waals surface area contributed by atoms with Crippen molar-refractivity contribution in [3.63, 3.8) is 0 Å². The average Bonchev–Trinajstić information content (AvgIpc) is 2.15. The fourth-order valence-electron chi connectivity index (χ4n) is 1.00. The number of rotatable bonds is 3. The molecule has 0 radical (unpaired) electrons. The Kier molecular flexibility index (Phi) is 4.38. The van der Waals surface area contributed by atoms with Crippen LogP contribution < -0.4 is 16.0 Å². The van der Waals surface area contributed by atoms with E-state index in [1.54, 1.807) is 6.07 Å². The molecule has 0 aliphatic rings. The minimum atomic E-state index is -0.418. The molecule has 0 spiro atoms. The lowest BCUT2D eigenvalue weighted by Crippen LogP contribution is -2.34. The molecule has 6 heteroatoms. The summed E-state index contributed by atoms with van der Waals surface area (Å²) in [5.41, 5.74) is 2.97. The van der Waals surface area contributed by atoms with E-state index in [1.807, 2.05) is 18.4 Å². The number of nitrogens with two attached hydrogens (primary N) is 1. The lowest BCUT2D eigenvalue weighted by molar-refractivity contribution is -0.123. The van der Waals surface area contributed by atoms with Crippen LogP contribution in [0.25, 0.3) is 0 Å². The number of halogens is 2. The molecule has 0 unspecified atom stereocenters. The monoisotopic (exact) mass is 292 g/mol. The van der Waals surface area contributed by atoms with E-state index in [4.69, 9.17) is 22.2 Å². The van der Waals surface area contributed by atoms with E-state index in [0.29, 0.717) is 15.2 Å². The van der Waals surface area contributed by atoms with Gasteiger partial charge in [0.25, 0.3) is 5.91 Å². The van der Waals surface area contributed by atoms with E-state index in [-0.39, 0.29) is 6.61 Å². The molecule has 1 aromatic rings. The zero-order chi connectivity index (χ0) is 11.4. The molecule has 0 bridgehead atoms. The number of ether oxygens (including phenoxy) is 1. The Balaban J connectivity index is 2.81. The van der Waals surface area contributed by atoms with Gasteiger partial charge in [-0.3, -0.25) is 10.2 Å². The molecular formula is C9H10BrClN2O2. The molecular weight excluding hydrogens is 283 g/mol. The van der Waals surface area contributed by atoms with Crippen LogP contribution in [0.15, 0.2) is 16.6 Å². The lowest BCUT2D eigenvalue weighted by Gasteiger charge is -2.09. The highest BCUT2D eigenvalue weighted by Gasteiger charge is 2.09. The van der Waals surface area contributed by atoms with Crippen molar-refractivity contribution in [2.45, 2.75) is 6.92 Å². The van der Waals surface area contributed by atoms with Gasteiger partial charge in [-0.1, -0.05) is 11.6 Å². The molecule has 0 aromatic heterocycles. The molecule has 3 N–H and O–H groups in total. The van der Waals surface area contributed by atoms with E-state index < -0.39 is 5.91 Å². The SMILES string of the molecule is Cc1cc(Cl)c(OCC(=O)NN)c(Br)c1. The Morgan fingerprint density at radius 1 is 1.67 bits per heavy atom. The van der Waals surface area contributed by atoms with Crippen LogP contribution in [0.3, 0.4) is 0 Å². The number of hydrogen-bond acceptors (Lipinski definition) is 3. The maximum absolute atomic E-state index is 10.9. The van der Waals surface area contributed by atoms with Gasteiger partial charge in [-0.25, -0.2) is 5.84 Å². The van der Waals surface area contributed by atoms with Crippen molar-refractivity contribution in [3.05, 3.63) is 27.2 Å². The third kappa shape index (κ3) is 3.37. The molecule has 1 amide bonds. The summed E-state index contributed by atoms with van der Waals surface area (Å²) in [5, 5.41) is 0.451. The summed E-state index contributed by atoms with van der Waals surface area (Å²) in [6, 6.07) is 3.60. The van der Waals surface area contributed by atoms with Crippen LogP contribution in [0.2, 0.25) is 5.02 Å². The number of aryl methyl sites for hydroxylation is 1. The van der Waals surface area contributed by atoms with Gasteiger partial charge in [0.2, 0.25) is 0 Å². The molecule has 1 rings (SSSR count). The number of hydrazine groups is 1. The standard InChI is InChI=1S/C9H10BrClN2O2/c1-5-2-6(10)9(7(11)3-5)15-4-8(14)13-12/h2-3H,4,12H2,1H3,(H,13,14). The van der Waals surface area contributed by atoms with E-state index >= 15 is 0 Å². The summed E-state index contributed by atoms with van der Waals surface area (Å²) in [6.07, 6.45) is 0. The van der Waals surface area contributed by atoms with Crippen LogP contribution in [0.4, 0.5) is 0 Å². The van der Waals surface area contributed by atoms with Crippen molar-refractivity contribution in [1.82, 2.24) is 5.43 Å². The summed E-state index contributed by atoms with van der Waals surface area (Å²) in [4.78, 5) is 10.9. The zero-order valence-electron chi connectivity index (χ0n) is 8.01. The Morgan fingerprint density at radius 3 is 2.87 bits per heavy atom. The Hall–Kier alpha value is -0.780. The van der Waals surface area contributed by atoms with Gasteiger partial charge in [0, 0.05) is 0 Å². The summed E-state index contributed by atoms with van der Waals surface area (Å²) in [6.45, 7) is 1.74. The van der Waals surface area contributed by atoms with Gasteiger partial charge in [0.1, 0.15) is 0 Å². The maximum atomic E-state index is 10.9. The Bertz CT molecular complexity index is 361. The van der Waals surface area contributed by atoms with Crippen molar-refractivity contribution in [1.29, 1.82) is 0 Å². The molecule has 0 atom stereocenters. The summed E-state index contributed by atoms with van der Waals surface area (Å²) < 4.78 is 5.91. The Morgan fingerprint density at radius 2 is 2.33 bits per heavy atom. The zero-order valence-corrected chi connectivity index (χ0v) is 10.4. The van der Waals surface area contributed by atoms with Crippen LogP contribution in [-0.2, 0) is 4.79 Å². The molecule has 1 aromatic carbocycles. The summed E-state index contributed by atoms with van der Waals surface area (Å²) >= 11 is 9.24. The predicted molar refractivity (Wildman–Crippen MR) is 61.7 cm³/mol. The van der Waals surface area contributed by atoms with Crippen LogP contribution in [0.1, 0.15) is 5.56 Å². The summed E-state index contributed by atoms with van der Waals surface area (Å²) in [7, 11) is 0. The van der Waals surface area contributed by atoms with Crippen LogP contribution in [0, 0.1) is 6.92 Å². The third-order valence-corrected chi connectivity index (χ3v) is 2.52. The van der Waals surface area contributed by atoms with Gasteiger partial charge in [0.05, 0.1) is 9.50 Å². The first-order valence-corrected chi connectivity index (χ1v) is 5.29. The Labute approximate surface area is 101 Å². The molecule has 4 nitrogen and oxygen atoms in total. The second-order valence-electron chi connectivity index (χ2n) is 2.91. The van der Waals surface area contributed by atoms with E-state index in [2.05, 4.69) is 15.9 Å². The molecule has 15 heavy (non-hydrogen) atoms. The molecule has 0 aliphatic carbocycles. The molecule has 0 aliphatic heterocycles. The van der Waals surface area contributed by atoms with E-state index in [1.165, 1.54) is 0 Å². The van der Waals surface area contributed by atoms with Gasteiger partial charge in [-0.15, -0.1) is 0 Å². The third-order valence-electron chi connectivity index (χ3n) is 1.65. The smallest absolute Gasteiger partial charge is 0.271 e. The summed E-state index contributed by atoms with van der Waals surface area (Å²) in [5.74, 6) is 4.93. The topological polar surface area (TPSA) is 64.3 Å². The van der Waals surface area contributed by atoms with Crippen LogP contribution >= 0.6 is 27.5 Å². The number of nitrogens with one attached hydrogen (secondary N) is 1. The highest BCUT2D eigenvalue weighted by Crippen LogP contribution is 2.34. The van der Waals surface area contributed by atoms with Gasteiger partial charge in [-0.05, 0) is 40.5 Å². The van der Waals surface area contributed by atoms with Gasteiger partial charge >= 0.3 is 0 Å². The number of hydrogen-bond donors (Lipinski definition) is 2. The molecule has 82 valence electrons. The van der Waals surface area contributed by atoms with Crippen molar-refractivity contribution >= 4 is 33.4 Å². The van der Waals surface area contributed by atoms with E-state index in [9.17, 15) is 4.79 Å².